The summed E-state index contributed by atoms with van der Waals surface area (Å²) in [5.74, 6) is 3.14. The normalized spacial score (nSPS) is 12.6. The third kappa shape index (κ3) is 1.76. The maximum absolute atomic E-state index is 10.8. The van der Waals surface area contributed by atoms with Crippen molar-refractivity contribution in [2.24, 2.45) is 0 Å². The molecule has 0 amide bonds. The number of carbonyl (C=O) groups is 1. The minimum atomic E-state index is -0.908. The van der Waals surface area contributed by atoms with Crippen LogP contribution in [0.15, 0.2) is 30.3 Å². The van der Waals surface area contributed by atoms with Crippen LogP contribution in [0.25, 0.3) is 0 Å². The molecule has 0 radical (unpaired) electrons. The molecule has 2 heterocycles. The number of carboxylic acids is 1. The summed E-state index contributed by atoms with van der Waals surface area (Å²) < 4.78 is 16.1. The van der Waals surface area contributed by atoms with Crippen molar-refractivity contribution in [3.8, 4) is 34.5 Å². The standard InChI is InChI=1S/C14H8O5/c15-12(16)5-7-1-3-10-14(19-10)13(7)17-8-2-4-9-11(6-8)18-9/h1-4,6H,5H2,(H,15,16). The zero-order chi connectivity index (χ0) is 13.0. The predicted molar refractivity (Wildman–Crippen MR) is 64.4 cm³/mol. The van der Waals surface area contributed by atoms with Gasteiger partial charge in [-0.25, -0.2) is 0 Å². The highest BCUT2D eigenvalue weighted by Crippen LogP contribution is 2.56. The number of hydrogen-bond acceptors (Lipinski definition) is 4. The summed E-state index contributed by atoms with van der Waals surface area (Å²) >= 11 is 0. The van der Waals surface area contributed by atoms with Gasteiger partial charge in [0.15, 0.2) is 23.0 Å². The van der Waals surface area contributed by atoms with E-state index in [-0.39, 0.29) is 6.42 Å². The van der Waals surface area contributed by atoms with Crippen LogP contribution in [-0.2, 0) is 11.2 Å². The Bertz CT molecular complexity index is 720. The molecule has 0 fully saturated rings. The summed E-state index contributed by atoms with van der Waals surface area (Å²) in [5.41, 5.74) is 0.592. The van der Waals surface area contributed by atoms with Gasteiger partial charge in [0.2, 0.25) is 5.75 Å². The van der Waals surface area contributed by atoms with Crippen LogP contribution in [0.2, 0.25) is 0 Å². The van der Waals surface area contributed by atoms with Crippen molar-refractivity contribution in [1.82, 2.24) is 0 Å². The van der Waals surface area contributed by atoms with Crippen molar-refractivity contribution >= 4 is 5.97 Å². The second-order valence-corrected chi connectivity index (χ2v) is 4.37. The summed E-state index contributed by atoms with van der Waals surface area (Å²) in [6.45, 7) is 0. The van der Waals surface area contributed by atoms with Gasteiger partial charge in [-0.05, 0) is 18.2 Å². The lowest BCUT2D eigenvalue weighted by molar-refractivity contribution is -0.136. The first-order valence-corrected chi connectivity index (χ1v) is 5.76. The molecule has 0 atom stereocenters. The van der Waals surface area contributed by atoms with E-state index in [1.807, 2.05) is 6.07 Å². The van der Waals surface area contributed by atoms with Crippen LogP contribution in [0, 0.1) is 0 Å². The largest absolute Gasteiger partial charge is 0.481 e. The van der Waals surface area contributed by atoms with Crippen LogP contribution in [-0.4, -0.2) is 11.1 Å². The number of ether oxygens (including phenoxy) is 3. The van der Waals surface area contributed by atoms with E-state index in [9.17, 15) is 4.79 Å². The molecule has 2 aliphatic rings. The lowest BCUT2D eigenvalue weighted by Crippen LogP contribution is -2.01. The molecule has 0 aliphatic carbocycles. The molecule has 19 heavy (non-hydrogen) atoms. The minimum absolute atomic E-state index is 0.104. The zero-order valence-corrected chi connectivity index (χ0v) is 9.67. The first-order valence-electron chi connectivity index (χ1n) is 5.76. The highest BCUT2D eigenvalue weighted by atomic mass is 16.6. The Morgan fingerprint density at radius 1 is 1.11 bits per heavy atom. The molecule has 94 valence electrons. The lowest BCUT2D eigenvalue weighted by Gasteiger charge is -2.06. The fraction of sp³-hybridized carbons (Fsp3) is 0.0714. The lowest BCUT2D eigenvalue weighted by atomic mass is 10.1. The van der Waals surface area contributed by atoms with Crippen LogP contribution in [0.4, 0.5) is 0 Å². The van der Waals surface area contributed by atoms with Gasteiger partial charge in [-0.2, -0.15) is 0 Å². The average molecular weight is 256 g/mol. The van der Waals surface area contributed by atoms with Crippen LogP contribution in [0.3, 0.4) is 0 Å². The SMILES string of the molecule is O=C(O)Cc1ccc2c(c1Oc1ccc3c(c1)O3)O2. The number of hydrogen-bond donors (Lipinski definition) is 1. The molecule has 0 spiro atoms. The van der Waals surface area contributed by atoms with Crippen molar-refractivity contribution in [2.45, 2.75) is 6.42 Å². The fourth-order valence-corrected chi connectivity index (χ4v) is 1.99. The van der Waals surface area contributed by atoms with Crippen LogP contribution < -0.4 is 14.2 Å². The molecular weight excluding hydrogens is 248 g/mol. The smallest absolute Gasteiger partial charge is 0.307 e. The van der Waals surface area contributed by atoms with E-state index < -0.39 is 5.97 Å². The van der Waals surface area contributed by atoms with E-state index >= 15 is 0 Å². The van der Waals surface area contributed by atoms with Gasteiger partial charge in [-0.3, -0.25) is 4.79 Å². The van der Waals surface area contributed by atoms with Crippen molar-refractivity contribution in [3.63, 3.8) is 0 Å². The second kappa shape index (κ2) is 3.41. The number of fused-ring (bicyclic) bond motifs is 2. The van der Waals surface area contributed by atoms with Gasteiger partial charge >= 0.3 is 5.97 Å². The van der Waals surface area contributed by atoms with Crippen LogP contribution >= 0.6 is 0 Å². The summed E-state index contributed by atoms with van der Waals surface area (Å²) in [6, 6.07) is 8.81. The monoisotopic (exact) mass is 256 g/mol. The molecule has 0 bridgehead atoms. The topological polar surface area (TPSA) is 71.6 Å². The van der Waals surface area contributed by atoms with E-state index in [0.717, 1.165) is 17.2 Å². The molecule has 0 saturated heterocycles. The van der Waals surface area contributed by atoms with E-state index in [1.165, 1.54) is 0 Å². The third-order valence-electron chi connectivity index (χ3n) is 2.98. The van der Waals surface area contributed by atoms with E-state index in [4.69, 9.17) is 19.3 Å². The molecule has 0 saturated carbocycles. The maximum Gasteiger partial charge on any atom is 0.307 e. The molecule has 2 aliphatic heterocycles. The van der Waals surface area contributed by atoms with Gasteiger partial charge in [0.05, 0.1) is 6.42 Å². The van der Waals surface area contributed by atoms with Gasteiger partial charge in [0, 0.05) is 11.6 Å². The molecule has 4 rings (SSSR count). The molecular formula is C14H8O5. The van der Waals surface area contributed by atoms with Gasteiger partial charge in [0.1, 0.15) is 5.75 Å². The van der Waals surface area contributed by atoms with Gasteiger partial charge in [-0.1, -0.05) is 6.07 Å². The van der Waals surface area contributed by atoms with Gasteiger partial charge in [0.25, 0.3) is 0 Å². The Hall–Kier alpha value is -2.69. The summed E-state index contributed by atoms with van der Waals surface area (Å²) in [7, 11) is 0. The van der Waals surface area contributed by atoms with Gasteiger partial charge < -0.3 is 19.3 Å². The van der Waals surface area contributed by atoms with Crippen LogP contribution in [0.1, 0.15) is 5.56 Å². The summed E-state index contributed by atoms with van der Waals surface area (Å²) in [6.07, 6.45) is -0.104. The quantitative estimate of drug-likeness (QED) is 0.567. The molecule has 5 heteroatoms. The first kappa shape index (κ1) is 10.3. The highest BCUT2D eigenvalue weighted by molar-refractivity contribution is 5.75. The molecule has 0 unspecified atom stereocenters. The first-order chi connectivity index (χ1) is 9.20. The van der Waals surface area contributed by atoms with Gasteiger partial charge in [-0.15, -0.1) is 0 Å². The fourth-order valence-electron chi connectivity index (χ4n) is 1.99. The third-order valence-corrected chi connectivity index (χ3v) is 2.98. The Morgan fingerprint density at radius 3 is 2.74 bits per heavy atom. The average Bonchev–Trinajstić information content (AvgIpc) is 3.22. The van der Waals surface area contributed by atoms with Crippen molar-refractivity contribution < 1.29 is 24.1 Å². The van der Waals surface area contributed by atoms with Crippen molar-refractivity contribution in [3.05, 3.63) is 35.9 Å². The van der Waals surface area contributed by atoms with E-state index in [0.29, 0.717) is 22.8 Å². The highest BCUT2D eigenvalue weighted by Gasteiger charge is 2.30. The predicted octanol–water partition coefficient (Wildman–Crippen LogP) is 3.32. The number of aliphatic carboxylic acids is 1. The van der Waals surface area contributed by atoms with Crippen molar-refractivity contribution in [2.75, 3.05) is 0 Å². The van der Waals surface area contributed by atoms with Crippen LogP contribution in [0.5, 0.6) is 34.5 Å². The number of rotatable bonds is 4. The molecule has 2 aromatic rings. The molecule has 1 N–H and O–H groups in total. The van der Waals surface area contributed by atoms with E-state index in [2.05, 4.69) is 0 Å². The Morgan fingerprint density at radius 2 is 1.95 bits per heavy atom. The minimum Gasteiger partial charge on any atom is -0.481 e. The number of carboxylic acid groups (broad SMARTS) is 1. The zero-order valence-electron chi connectivity index (χ0n) is 9.67. The Kier molecular flexibility index (Phi) is 1.84. The maximum atomic E-state index is 10.8. The van der Waals surface area contributed by atoms with Crippen molar-refractivity contribution in [1.29, 1.82) is 0 Å². The molecule has 5 nitrogen and oxygen atoms in total. The summed E-state index contributed by atoms with van der Waals surface area (Å²) in [4.78, 5) is 10.8. The molecule has 0 aromatic heterocycles. The Balaban J connectivity index is 1.69. The summed E-state index contributed by atoms with van der Waals surface area (Å²) in [5, 5.41) is 8.90. The Labute approximate surface area is 108 Å². The second-order valence-electron chi connectivity index (χ2n) is 4.37. The van der Waals surface area contributed by atoms with E-state index in [1.54, 1.807) is 24.3 Å². The number of benzene rings is 2. The molecule has 2 aromatic carbocycles.